The standard InChI is InChI=1S/C26H21FN4O4S/c1-13-4-9-18(14(2)10-13)30-24(33)22-21(15-5-7-16(27)8-6-15)17(12-28)23(29)31-25(34)19(36-26(22)31)11-20(32)35-3/h4-11,21H,29H2,1-3H3,(H,30,33)/b19-11-. The Hall–Kier alpha value is -4.49. The molecule has 1 aromatic heterocycles. The Labute approximate surface area is 209 Å². The molecule has 10 heteroatoms. The van der Waals surface area contributed by atoms with Crippen molar-refractivity contribution >= 4 is 46.4 Å². The highest BCUT2D eigenvalue weighted by atomic mass is 32.1. The van der Waals surface area contributed by atoms with E-state index in [2.05, 4.69) is 10.1 Å². The van der Waals surface area contributed by atoms with Gasteiger partial charge in [0.25, 0.3) is 11.5 Å². The molecule has 1 aliphatic rings. The number of fused-ring (bicyclic) bond motifs is 1. The van der Waals surface area contributed by atoms with Crippen LogP contribution in [0.25, 0.3) is 17.5 Å². The number of aromatic nitrogens is 1. The van der Waals surface area contributed by atoms with Crippen molar-refractivity contribution in [2.24, 2.45) is 5.73 Å². The normalized spacial score (nSPS) is 15.4. The van der Waals surface area contributed by atoms with E-state index in [4.69, 9.17) is 5.73 Å². The number of carbonyl (C=O) groups is 2. The Morgan fingerprint density at radius 1 is 1.22 bits per heavy atom. The van der Waals surface area contributed by atoms with Crippen molar-refractivity contribution in [3.63, 3.8) is 0 Å². The highest BCUT2D eigenvalue weighted by Crippen LogP contribution is 2.36. The lowest BCUT2D eigenvalue weighted by Gasteiger charge is -2.25. The maximum Gasteiger partial charge on any atom is 0.332 e. The van der Waals surface area contributed by atoms with E-state index >= 15 is 0 Å². The number of amides is 1. The zero-order valence-electron chi connectivity index (χ0n) is 19.6. The number of nitrogens with two attached hydrogens (primary N) is 1. The lowest BCUT2D eigenvalue weighted by Crippen LogP contribution is -2.41. The Kier molecular flexibility index (Phi) is 6.59. The van der Waals surface area contributed by atoms with Crippen LogP contribution in [0.4, 0.5) is 10.1 Å². The summed E-state index contributed by atoms with van der Waals surface area (Å²) in [7, 11) is 1.17. The van der Waals surface area contributed by atoms with Crippen LogP contribution >= 0.6 is 11.3 Å². The van der Waals surface area contributed by atoms with E-state index in [0.29, 0.717) is 11.3 Å². The summed E-state index contributed by atoms with van der Waals surface area (Å²) in [5, 5.41) is 12.9. The Balaban J connectivity index is 2.05. The number of hydrogen-bond acceptors (Lipinski definition) is 7. The number of rotatable bonds is 4. The summed E-state index contributed by atoms with van der Waals surface area (Å²) in [5.74, 6) is -2.97. The van der Waals surface area contributed by atoms with E-state index in [9.17, 15) is 24.0 Å². The number of nitrogens with zero attached hydrogens (tertiary/aromatic N) is 2. The molecule has 4 rings (SSSR count). The van der Waals surface area contributed by atoms with E-state index < -0.39 is 29.2 Å². The molecule has 3 aromatic rings. The van der Waals surface area contributed by atoms with Gasteiger partial charge in [0.2, 0.25) is 0 Å². The third kappa shape index (κ3) is 4.32. The molecule has 36 heavy (non-hydrogen) atoms. The summed E-state index contributed by atoms with van der Waals surface area (Å²) in [5.41, 5.74) is 8.43. The maximum atomic E-state index is 13.8. The Bertz CT molecular complexity index is 1660. The molecular weight excluding hydrogens is 483 g/mol. The molecule has 2 heterocycles. The number of allylic oxidation sites excluding steroid dienone is 1. The predicted molar refractivity (Wildman–Crippen MR) is 134 cm³/mol. The van der Waals surface area contributed by atoms with Gasteiger partial charge in [-0.25, -0.2) is 9.18 Å². The zero-order chi connectivity index (χ0) is 26.1. The minimum Gasteiger partial charge on any atom is -0.466 e. The summed E-state index contributed by atoms with van der Waals surface area (Å²) in [4.78, 5) is 38.8. The minimum absolute atomic E-state index is 0.0198. The van der Waals surface area contributed by atoms with Crippen LogP contribution in [0.5, 0.6) is 0 Å². The average Bonchev–Trinajstić information content (AvgIpc) is 3.16. The third-order valence-electron chi connectivity index (χ3n) is 5.80. The molecule has 0 saturated heterocycles. The van der Waals surface area contributed by atoms with Gasteiger partial charge in [0.15, 0.2) is 0 Å². The first kappa shape index (κ1) is 24.6. The van der Waals surface area contributed by atoms with Crippen molar-refractivity contribution in [1.82, 2.24) is 4.57 Å². The lowest BCUT2D eigenvalue weighted by molar-refractivity contribution is -0.133. The summed E-state index contributed by atoms with van der Waals surface area (Å²) in [6.07, 6.45) is 1.00. The van der Waals surface area contributed by atoms with Crippen molar-refractivity contribution in [3.05, 3.63) is 90.1 Å². The number of nitrogens with one attached hydrogen (secondary N) is 1. The van der Waals surface area contributed by atoms with E-state index in [0.717, 1.165) is 33.1 Å². The number of nitriles is 1. The van der Waals surface area contributed by atoms with Gasteiger partial charge in [0.1, 0.15) is 20.8 Å². The monoisotopic (exact) mass is 504 g/mol. The second kappa shape index (κ2) is 9.64. The highest BCUT2D eigenvalue weighted by Gasteiger charge is 2.35. The second-order valence-corrected chi connectivity index (χ2v) is 9.19. The number of carbonyl (C=O) groups excluding carboxylic acids is 2. The molecule has 1 amide bonds. The van der Waals surface area contributed by atoms with Crippen LogP contribution in [0, 0.1) is 31.0 Å². The number of methoxy groups -OCH3 is 1. The van der Waals surface area contributed by atoms with Gasteiger partial charge in [-0.1, -0.05) is 29.8 Å². The van der Waals surface area contributed by atoms with Gasteiger partial charge in [-0.15, -0.1) is 11.3 Å². The van der Waals surface area contributed by atoms with Crippen molar-refractivity contribution in [2.45, 2.75) is 19.8 Å². The maximum absolute atomic E-state index is 13.8. The van der Waals surface area contributed by atoms with Gasteiger partial charge in [-0.05, 0) is 43.2 Å². The fraction of sp³-hybridized carbons (Fsp3) is 0.154. The number of benzene rings is 2. The molecule has 0 fully saturated rings. The number of anilines is 1. The summed E-state index contributed by atoms with van der Waals surface area (Å²) < 4.78 is 19.5. The molecule has 182 valence electrons. The fourth-order valence-corrected chi connectivity index (χ4v) is 5.20. The lowest BCUT2D eigenvalue weighted by atomic mass is 9.83. The molecule has 1 aliphatic heterocycles. The number of ether oxygens (including phenoxy) is 1. The fourth-order valence-electron chi connectivity index (χ4n) is 4.07. The highest BCUT2D eigenvalue weighted by molar-refractivity contribution is 7.07. The second-order valence-electron chi connectivity index (χ2n) is 8.16. The molecule has 0 bridgehead atoms. The van der Waals surface area contributed by atoms with Gasteiger partial charge in [0.05, 0.1) is 30.2 Å². The van der Waals surface area contributed by atoms with Crippen LogP contribution in [-0.4, -0.2) is 23.6 Å². The van der Waals surface area contributed by atoms with E-state index in [1.54, 1.807) is 6.07 Å². The molecule has 8 nitrogen and oxygen atoms in total. The quantitative estimate of drug-likeness (QED) is 0.522. The number of halogens is 1. The minimum atomic E-state index is -0.981. The molecule has 1 atom stereocenters. The largest absolute Gasteiger partial charge is 0.466 e. The van der Waals surface area contributed by atoms with Crippen LogP contribution in [0.2, 0.25) is 0 Å². The summed E-state index contributed by atoms with van der Waals surface area (Å²) in [6.45, 7) is 3.77. The topological polar surface area (TPSA) is 127 Å². The van der Waals surface area contributed by atoms with Gasteiger partial charge in [-0.3, -0.25) is 14.2 Å². The SMILES string of the molecule is COC(=O)/C=c1\sc2n(c1=O)C(N)=C(C#N)C(c1ccc(F)cc1)C=2C(=O)Nc1ccc(C)cc1C. The predicted octanol–water partition coefficient (Wildman–Crippen LogP) is 1.86. The first-order valence-corrected chi connectivity index (χ1v) is 11.6. The third-order valence-corrected chi connectivity index (χ3v) is 6.91. The molecule has 0 radical (unpaired) electrons. The molecule has 3 N–H and O–H groups in total. The van der Waals surface area contributed by atoms with Crippen molar-refractivity contribution in [3.8, 4) is 6.07 Å². The van der Waals surface area contributed by atoms with Gasteiger partial charge < -0.3 is 15.8 Å². The van der Waals surface area contributed by atoms with Crippen LogP contribution in [0.1, 0.15) is 22.6 Å². The molecule has 0 aliphatic carbocycles. The summed E-state index contributed by atoms with van der Waals surface area (Å²) in [6, 6.07) is 12.9. The van der Waals surface area contributed by atoms with Crippen LogP contribution in [0.15, 0.2) is 52.8 Å². The van der Waals surface area contributed by atoms with Crippen LogP contribution in [-0.2, 0) is 14.3 Å². The molecular formula is C26H21FN4O4S. The van der Waals surface area contributed by atoms with Crippen LogP contribution < -0.4 is 25.8 Å². The van der Waals surface area contributed by atoms with Crippen LogP contribution in [0.3, 0.4) is 0 Å². The van der Waals surface area contributed by atoms with Crippen molar-refractivity contribution < 1.29 is 18.7 Å². The van der Waals surface area contributed by atoms with Gasteiger partial charge in [-0.2, -0.15) is 5.26 Å². The number of hydrogen-bond donors (Lipinski definition) is 2. The number of aryl methyl sites for hydroxylation is 2. The van der Waals surface area contributed by atoms with E-state index in [1.165, 1.54) is 31.4 Å². The Morgan fingerprint density at radius 3 is 2.53 bits per heavy atom. The van der Waals surface area contributed by atoms with Gasteiger partial charge in [0, 0.05) is 11.8 Å². The van der Waals surface area contributed by atoms with E-state index in [-0.39, 0.29) is 26.2 Å². The molecule has 0 spiro atoms. The van der Waals surface area contributed by atoms with Crippen molar-refractivity contribution in [2.75, 3.05) is 12.4 Å². The van der Waals surface area contributed by atoms with Gasteiger partial charge >= 0.3 is 5.97 Å². The first-order chi connectivity index (χ1) is 17.2. The molecule has 0 saturated carbocycles. The average molecular weight is 505 g/mol. The molecule has 2 aromatic carbocycles. The van der Waals surface area contributed by atoms with Crippen molar-refractivity contribution in [1.29, 1.82) is 5.26 Å². The Morgan fingerprint density at radius 2 is 1.92 bits per heavy atom. The van der Waals surface area contributed by atoms with E-state index in [1.807, 2.05) is 32.0 Å². The number of esters is 1. The first-order valence-electron chi connectivity index (χ1n) is 10.8. The zero-order valence-corrected chi connectivity index (χ0v) is 20.4. The smallest absolute Gasteiger partial charge is 0.332 e. The number of thiazole rings is 1. The molecule has 1 unspecified atom stereocenters. The summed E-state index contributed by atoms with van der Waals surface area (Å²) >= 11 is 0.876.